The summed E-state index contributed by atoms with van der Waals surface area (Å²) in [5.41, 5.74) is 3.53. The van der Waals surface area contributed by atoms with Crippen molar-refractivity contribution in [1.82, 2.24) is 10.1 Å². The van der Waals surface area contributed by atoms with Gasteiger partial charge in [-0.25, -0.2) is 0 Å². The first-order valence-corrected chi connectivity index (χ1v) is 8.01. The molecule has 0 bridgehead atoms. The Bertz CT molecular complexity index is 828. The van der Waals surface area contributed by atoms with Crippen LogP contribution in [0.2, 0.25) is 5.02 Å². The van der Waals surface area contributed by atoms with E-state index in [-0.39, 0.29) is 0 Å². The Morgan fingerprint density at radius 3 is 2.78 bits per heavy atom. The quantitative estimate of drug-likeness (QED) is 0.718. The molecular formula is C18H16ClN3O. The number of nitrogens with zero attached hydrogens (tertiary/aromatic N) is 3. The van der Waals surface area contributed by atoms with E-state index in [1.807, 2.05) is 24.3 Å². The first-order chi connectivity index (χ1) is 11.2. The molecule has 0 N–H and O–H groups in total. The van der Waals surface area contributed by atoms with E-state index in [1.54, 1.807) is 0 Å². The maximum Gasteiger partial charge on any atom is 0.246 e. The van der Waals surface area contributed by atoms with Crippen molar-refractivity contribution >= 4 is 17.3 Å². The molecule has 0 aliphatic carbocycles. The van der Waals surface area contributed by atoms with Gasteiger partial charge in [0.1, 0.15) is 0 Å². The van der Waals surface area contributed by atoms with Crippen LogP contribution in [0.4, 0.5) is 5.69 Å². The summed E-state index contributed by atoms with van der Waals surface area (Å²) in [5.74, 6) is 1.22. The highest BCUT2D eigenvalue weighted by atomic mass is 35.5. The third-order valence-electron chi connectivity index (χ3n) is 4.22. The molecule has 2 aromatic carbocycles. The number of halogens is 1. The summed E-state index contributed by atoms with van der Waals surface area (Å²) in [7, 11) is 0. The highest BCUT2D eigenvalue weighted by molar-refractivity contribution is 6.30. The minimum atomic E-state index is 0.429. The highest BCUT2D eigenvalue weighted by Crippen LogP contribution is 2.33. The Labute approximate surface area is 139 Å². The van der Waals surface area contributed by atoms with E-state index in [2.05, 4.69) is 46.2 Å². The van der Waals surface area contributed by atoms with Gasteiger partial charge >= 0.3 is 0 Å². The van der Waals surface area contributed by atoms with Gasteiger partial charge in [0.05, 0.1) is 6.54 Å². The van der Waals surface area contributed by atoms with Gasteiger partial charge in [-0.1, -0.05) is 35.0 Å². The molecule has 3 aromatic rings. The topological polar surface area (TPSA) is 42.2 Å². The molecule has 1 unspecified atom stereocenters. The second kappa shape index (κ2) is 5.70. The number of para-hydroxylation sites is 1. The van der Waals surface area contributed by atoms with Crippen molar-refractivity contribution in [3.8, 4) is 11.4 Å². The maximum absolute atomic E-state index is 5.91. The standard InChI is InChI=1S/C18H16ClN3O/c1-12-10-14-4-2-3-5-16(14)22(12)11-17-20-18(21-23-17)13-6-8-15(19)9-7-13/h2-9,12H,10-11H2,1H3. The molecule has 0 radical (unpaired) electrons. The van der Waals surface area contributed by atoms with E-state index in [9.17, 15) is 0 Å². The van der Waals surface area contributed by atoms with Crippen LogP contribution >= 0.6 is 11.6 Å². The molecule has 0 saturated carbocycles. The van der Waals surface area contributed by atoms with E-state index in [4.69, 9.17) is 16.1 Å². The third kappa shape index (κ3) is 2.70. The average molecular weight is 326 g/mol. The molecule has 0 amide bonds. The van der Waals surface area contributed by atoms with Gasteiger partial charge in [-0.15, -0.1) is 0 Å². The summed E-state index contributed by atoms with van der Waals surface area (Å²) < 4.78 is 5.44. The fraction of sp³-hybridized carbons (Fsp3) is 0.222. The lowest BCUT2D eigenvalue weighted by Gasteiger charge is -2.22. The van der Waals surface area contributed by atoms with Crippen LogP contribution in [0.25, 0.3) is 11.4 Å². The van der Waals surface area contributed by atoms with Gasteiger partial charge < -0.3 is 9.42 Å². The SMILES string of the molecule is CC1Cc2ccccc2N1Cc1nc(-c2ccc(Cl)cc2)no1. The van der Waals surface area contributed by atoms with Gasteiger partial charge in [0.15, 0.2) is 0 Å². The van der Waals surface area contributed by atoms with Crippen LogP contribution in [0.15, 0.2) is 53.1 Å². The van der Waals surface area contributed by atoms with Gasteiger partial charge in [0.25, 0.3) is 0 Å². The molecule has 1 aliphatic rings. The van der Waals surface area contributed by atoms with E-state index >= 15 is 0 Å². The summed E-state index contributed by atoms with van der Waals surface area (Å²) in [4.78, 5) is 6.83. The van der Waals surface area contributed by atoms with Crippen LogP contribution in [0.3, 0.4) is 0 Å². The number of hydrogen-bond donors (Lipinski definition) is 0. The van der Waals surface area contributed by atoms with Gasteiger partial charge in [-0.3, -0.25) is 0 Å². The van der Waals surface area contributed by atoms with Gasteiger partial charge in [-0.05, 0) is 49.2 Å². The molecule has 23 heavy (non-hydrogen) atoms. The monoisotopic (exact) mass is 325 g/mol. The number of hydrogen-bond acceptors (Lipinski definition) is 4. The molecule has 1 aromatic heterocycles. The minimum absolute atomic E-state index is 0.429. The minimum Gasteiger partial charge on any atom is -0.359 e. The number of anilines is 1. The van der Waals surface area contributed by atoms with E-state index in [1.165, 1.54) is 11.3 Å². The van der Waals surface area contributed by atoms with Crippen LogP contribution in [-0.4, -0.2) is 16.2 Å². The van der Waals surface area contributed by atoms with Crippen molar-refractivity contribution < 1.29 is 4.52 Å². The maximum atomic E-state index is 5.91. The Morgan fingerprint density at radius 1 is 1.17 bits per heavy atom. The Morgan fingerprint density at radius 2 is 1.96 bits per heavy atom. The molecule has 4 nitrogen and oxygen atoms in total. The van der Waals surface area contributed by atoms with Crippen molar-refractivity contribution in [3.63, 3.8) is 0 Å². The zero-order valence-corrected chi connectivity index (χ0v) is 13.5. The van der Waals surface area contributed by atoms with E-state index in [0.717, 1.165) is 12.0 Å². The largest absolute Gasteiger partial charge is 0.359 e. The molecule has 2 heterocycles. The van der Waals surface area contributed by atoms with Crippen LogP contribution in [0, 0.1) is 0 Å². The van der Waals surface area contributed by atoms with E-state index in [0.29, 0.717) is 29.3 Å². The van der Waals surface area contributed by atoms with Crippen molar-refractivity contribution in [2.24, 2.45) is 0 Å². The van der Waals surface area contributed by atoms with Gasteiger partial charge in [0, 0.05) is 22.3 Å². The number of rotatable bonds is 3. The predicted molar refractivity (Wildman–Crippen MR) is 90.5 cm³/mol. The second-order valence-corrected chi connectivity index (χ2v) is 6.26. The Hall–Kier alpha value is -2.33. The summed E-state index contributed by atoms with van der Waals surface area (Å²) in [6.45, 7) is 2.84. The zero-order chi connectivity index (χ0) is 15.8. The molecule has 4 rings (SSSR count). The molecule has 1 aliphatic heterocycles. The number of fused-ring (bicyclic) bond motifs is 1. The van der Waals surface area contributed by atoms with Gasteiger partial charge in [0.2, 0.25) is 11.7 Å². The van der Waals surface area contributed by atoms with Crippen LogP contribution in [-0.2, 0) is 13.0 Å². The molecule has 5 heteroatoms. The first kappa shape index (κ1) is 14.3. The number of aromatic nitrogens is 2. The normalized spacial score (nSPS) is 16.6. The van der Waals surface area contributed by atoms with Gasteiger partial charge in [-0.2, -0.15) is 4.98 Å². The van der Waals surface area contributed by atoms with Crippen LogP contribution < -0.4 is 4.90 Å². The lowest BCUT2D eigenvalue weighted by molar-refractivity contribution is 0.374. The van der Waals surface area contributed by atoms with Crippen LogP contribution in [0.5, 0.6) is 0 Å². The lowest BCUT2D eigenvalue weighted by atomic mass is 10.1. The molecular weight excluding hydrogens is 310 g/mol. The highest BCUT2D eigenvalue weighted by Gasteiger charge is 2.27. The average Bonchev–Trinajstić information content (AvgIpc) is 3.14. The third-order valence-corrected chi connectivity index (χ3v) is 4.48. The molecule has 0 fully saturated rings. The van der Waals surface area contributed by atoms with Crippen LogP contribution in [0.1, 0.15) is 18.4 Å². The Kier molecular flexibility index (Phi) is 3.54. The fourth-order valence-electron chi connectivity index (χ4n) is 3.05. The lowest BCUT2D eigenvalue weighted by Crippen LogP contribution is -2.28. The summed E-state index contributed by atoms with van der Waals surface area (Å²) in [6, 6.07) is 16.3. The van der Waals surface area contributed by atoms with Crippen molar-refractivity contribution in [1.29, 1.82) is 0 Å². The fourth-order valence-corrected chi connectivity index (χ4v) is 3.18. The predicted octanol–water partition coefficient (Wildman–Crippen LogP) is 4.34. The van der Waals surface area contributed by atoms with E-state index < -0.39 is 0 Å². The molecule has 0 saturated heterocycles. The zero-order valence-electron chi connectivity index (χ0n) is 12.7. The number of benzene rings is 2. The molecule has 116 valence electrons. The van der Waals surface area contributed by atoms with Crippen molar-refractivity contribution in [3.05, 3.63) is 65.0 Å². The second-order valence-electron chi connectivity index (χ2n) is 5.83. The van der Waals surface area contributed by atoms with Crippen molar-refractivity contribution in [2.75, 3.05) is 4.90 Å². The summed E-state index contributed by atoms with van der Waals surface area (Å²) in [6.07, 6.45) is 1.05. The molecule has 1 atom stereocenters. The molecule has 0 spiro atoms. The first-order valence-electron chi connectivity index (χ1n) is 7.64. The smallest absolute Gasteiger partial charge is 0.246 e. The Balaban J connectivity index is 1.57. The van der Waals surface area contributed by atoms with Crippen molar-refractivity contribution in [2.45, 2.75) is 25.9 Å². The summed E-state index contributed by atoms with van der Waals surface area (Å²) >= 11 is 5.91. The summed E-state index contributed by atoms with van der Waals surface area (Å²) in [5, 5.41) is 4.78.